The van der Waals surface area contributed by atoms with Crippen LogP contribution in [0.25, 0.3) is 0 Å². The highest BCUT2D eigenvalue weighted by molar-refractivity contribution is 14.1. The molecule has 0 saturated carbocycles. The van der Waals surface area contributed by atoms with Gasteiger partial charge in [0.25, 0.3) is 5.91 Å². The van der Waals surface area contributed by atoms with Crippen molar-refractivity contribution in [3.63, 3.8) is 0 Å². The summed E-state index contributed by atoms with van der Waals surface area (Å²) in [7, 11) is 0. The molecule has 0 radical (unpaired) electrons. The lowest BCUT2D eigenvalue weighted by molar-refractivity contribution is 0.0955. The number of halogens is 2. The molecule has 1 heterocycles. The van der Waals surface area contributed by atoms with Crippen molar-refractivity contribution in [2.45, 2.75) is 0 Å². The average Bonchev–Trinajstić information content (AvgIpc) is 2.45. The zero-order valence-corrected chi connectivity index (χ0v) is 13.8. The number of aromatic nitrogens is 1. The van der Waals surface area contributed by atoms with Crippen LogP contribution >= 0.6 is 38.5 Å². The van der Waals surface area contributed by atoms with Crippen LogP contribution < -0.4 is 5.43 Å². The first-order valence-corrected chi connectivity index (χ1v) is 7.36. The summed E-state index contributed by atoms with van der Waals surface area (Å²) < 4.78 is 1.27. The van der Waals surface area contributed by atoms with E-state index in [1.54, 1.807) is 24.3 Å². The maximum atomic E-state index is 11.7. The summed E-state index contributed by atoms with van der Waals surface area (Å²) in [5.41, 5.74) is 3.67. The highest BCUT2D eigenvalue weighted by Gasteiger charge is 2.05. The number of rotatable bonds is 3. The number of carbonyl (C=O) groups is 1. The highest BCUT2D eigenvalue weighted by atomic mass is 127. The van der Waals surface area contributed by atoms with Crippen LogP contribution in [0.2, 0.25) is 0 Å². The van der Waals surface area contributed by atoms with Gasteiger partial charge in [0.15, 0.2) is 0 Å². The number of nitrogens with one attached hydrogen (secondary N) is 1. The number of aromatic hydroxyl groups is 1. The molecule has 2 N–H and O–H groups in total. The van der Waals surface area contributed by atoms with E-state index < -0.39 is 0 Å². The molecule has 0 unspecified atom stereocenters. The lowest BCUT2D eigenvalue weighted by atomic mass is 10.2. The Bertz CT molecular complexity index is 639. The second-order valence-electron chi connectivity index (χ2n) is 3.77. The maximum absolute atomic E-state index is 11.7. The second-order valence-corrected chi connectivity index (χ2v) is 5.78. The Morgan fingerprint density at radius 2 is 2.10 bits per heavy atom. The van der Waals surface area contributed by atoms with Gasteiger partial charge in [-0.05, 0) is 68.3 Å². The fourth-order valence-corrected chi connectivity index (χ4v) is 2.89. The number of hydrogen-bond donors (Lipinski definition) is 2. The zero-order chi connectivity index (χ0) is 14.5. The fraction of sp³-hybridized carbons (Fsp3) is 0. The van der Waals surface area contributed by atoms with Crippen molar-refractivity contribution >= 4 is 50.6 Å². The Labute approximate surface area is 137 Å². The van der Waals surface area contributed by atoms with Gasteiger partial charge in [0.1, 0.15) is 5.75 Å². The largest absolute Gasteiger partial charge is 0.506 e. The van der Waals surface area contributed by atoms with Gasteiger partial charge in [0.05, 0.1) is 14.3 Å². The van der Waals surface area contributed by atoms with Gasteiger partial charge in [-0.3, -0.25) is 9.78 Å². The van der Waals surface area contributed by atoms with E-state index in [2.05, 4.69) is 31.4 Å². The van der Waals surface area contributed by atoms with Crippen molar-refractivity contribution in [2.24, 2.45) is 5.10 Å². The van der Waals surface area contributed by atoms with E-state index in [0.717, 1.165) is 5.56 Å². The molecule has 0 atom stereocenters. The Morgan fingerprint density at radius 1 is 1.40 bits per heavy atom. The monoisotopic (exact) mass is 445 g/mol. The van der Waals surface area contributed by atoms with Crippen LogP contribution in [0, 0.1) is 3.57 Å². The fourth-order valence-electron chi connectivity index (χ4n) is 1.39. The van der Waals surface area contributed by atoms with Gasteiger partial charge in [-0.2, -0.15) is 5.10 Å². The standard InChI is InChI=1S/C13H9BrIN3O2/c14-10-5-8(6-11(15)12(10)19)7-17-18-13(20)9-1-3-16-4-2-9/h1-7,19H,(H,18,20)/b17-7-. The van der Waals surface area contributed by atoms with Crippen molar-refractivity contribution in [2.75, 3.05) is 0 Å². The molecular weight excluding hydrogens is 437 g/mol. The van der Waals surface area contributed by atoms with Crippen molar-refractivity contribution in [1.29, 1.82) is 0 Å². The number of pyridine rings is 1. The van der Waals surface area contributed by atoms with Crippen molar-refractivity contribution in [1.82, 2.24) is 10.4 Å². The topological polar surface area (TPSA) is 74.6 Å². The number of nitrogens with zero attached hydrogens (tertiary/aromatic N) is 2. The summed E-state index contributed by atoms with van der Waals surface area (Å²) in [6, 6.07) is 6.66. The van der Waals surface area contributed by atoms with Gasteiger partial charge in [0, 0.05) is 18.0 Å². The minimum atomic E-state index is -0.309. The summed E-state index contributed by atoms with van der Waals surface area (Å²) in [5, 5.41) is 13.5. The van der Waals surface area contributed by atoms with Gasteiger partial charge in [-0.1, -0.05) is 0 Å². The summed E-state index contributed by atoms with van der Waals surface area (Å²) >= 11 is 5.26. The third-order valence-electron chi connectivity index (χ3n) is 2.36. The van der Waals surface area contributed by atoms with Gasteiger partial charge in [-0.15, -0.1) is 0 Å². The number of phenols is 1. The molecule has 1 aromatic carbocycles. The lowest BCUT2D eigenvalue weighted by Crippen LogP contribution is -2.17. The van der Waals surface area contributed by atoms with Gasteiger partial charge >= 0.3 is 0 Å². The van der Waals surface area contributed by atoms with Crippen LogP contribution in [0.3, 0.4) is 0 Å². The Hall–Kier alpha value is -1.48. The molecule has 0 bridgehead atoms. The molecule has 1 aromatic heterocycles. The lowest BCUT2D eigenvalue weighted by Gasteiger charge is -2.02. The normalized spacial score (nSPS) is 10.7. The third kappa shape index (κ3) is 3.76. The Morgan fingerprint density at radius 3 is 2.75 bits per heavy atom. The number of benzene rings is 1. The second kappa shape index (κ2) is 6.80. The van der Waals surface area contributed by atoms with Crippen LogP contribution in [0.5, 0.6) is 5.75 Å². The van der Waals surface area contributed by atoms with E-state index >= 15 is 0 Å². The first-order chi connectivity index (χ1) is 9.58. The Kier molecular flexibility index (Phi) is 5.07. The SMILES string of the molecule is O=C(N/N=C\c1cc(Br)c(O)c(I)c1)c1ccncc1. The van der Waals surface area contributed by atoms with E-state index in [4.69, 9.17) is 0 Å². The van der Waals surface area contributed by atoms with Crippen molar-refractivity contribution in [3.8, 4) is 5.75 Å². The molecule has 2 aromatic rings. The maximum Gasteiger partial charge on any atom is 0.271 e. The van der Waals surface area contributed by atoms with E-state index in [0.29, 0.717) is 13.6 Å². The van der Waals surface area contributed by atoms with E-state index in [-0.39, 0.29) is 11.7 Å². The molecule has 5 nitrogen and oxygen atoms in total. The number of carbonyl (C=O) groups excluding carboxylic acids is 1. The molecular formula is C13H9BrIN3O2. The van der Waals surface area contributed by atoms with Crippen LogP contribution in [0.1, 0.15) is 15.9 Å². The van der Waals surface area contributed by atoms with Crippen LogP contribution in [0.4, 0.5) is 0 Å². The number of hydrogen-bond acceptors (Lipinski definition) is 4. The van der Waals surface area contributed by atoms with Gasteiger partial charge in [0.2, 0.25) is 0 Å². The highest BCUT2D eigenvalue weighted by Crippen LogP contribution is 2.29. The first kappa shape index (κ1) is 14.9. The van der Waals surface area contributed by atoms with Crippen LogP contribution in [-0.2, 0) is 0 Å². The number of hydrazone groups is 1. The van der Waals surface area contributed by atoms with Gasteiger partial charge < -0.3 is 5.11 Å². The molecule has 1 amide bonds. The van der Waals surface area contributed by atoms with Crippen molar-refractivity contribution < 1.29 is 9.90 Å². The minimum Gasteiger partial charge on any atom is -0.506 e. The summed E-state index contributed by atoms with van der Waals surface area (Å²) in [4.78, 5) is 15.6. The predicted molar refractivity (Wildman–Crippen MR) is 87.8 cm³/mol. The minimum absolute atomic E-state index is 0.184. The molecule has 20 heavy (non-hydrogen) atoms. The smallest absolute Gasteiger partial charge is 0.271 e. The summed E-state index contributed by atoms with van der Waals surface area (Å²) in [6.07, 6.45) is 4.58. The molecule has 0 aliphatic heterocycles. The quantitative estimate of drug-likeness (QED) is 0.433. The molecule has 0 fully saturated rings. The molecule has 0 spiro atoms. The molecule has 0 aliphatic carbocycles. The number of amides is 1. The number of phenolic OH excluding ortho intramolecular Hbond substituents is 1. The van der Waals surface area contributed by atoms with E-state index in [1.165, 1.54) is 18.6 Å². The molecule has 7 heteroatoms. The van der Waals surface area contributed by atoms with Crippen molar-refractivity contribution in [3.05, 3.63) is 55.8 Å². The average molecular weight is 446 g/mol. The summed E-state index contributed by atoms with van der Waals surface area (Å²) in [6.45, 7) is 0. The van der Waals surface area contributed by atoms with Gasteiger partial charge in [-0.25, -0.2) is 5.43 Å². The summed E-state index contributed by atoms with van der Waals surface area (Å²) in [5.74, 6) is -0.125. The van der Waals surface area contributed by atoms with Crippen LogP contribution in [0.15, 0.2) is 46.2 Å². The molecule has 2 rings (SSSR count). The Balaban J connectivity index is 2.06. The van der Waals surface area contributed by atoms with E-state index in [9.17, 15) is 9.90 Å². The predicted octanol–water partition coefficient (Wildman–Crippen LogP) is 2.92. The zero-order valence-electron chi connectivity index (χ0n) is 10.0. The molecule has 102 valence electrons. The first-order valence-electron chi connectivity index (χ1n) is 5.49. The molecule has 0 aliphatic rings. The van der Waals surface area contributed by atoms with Crippen LogP contribution in [-0.4, -0.2) is 22.2 Å². The third-order valence-corrected chi connectivity index (χ3v) is 3.79. The molecule has 0 saturated heterocycles. The van der Waals surface area contributed by atoms with E-state index in [1.807, 2.05) is 22.6 Å².